The second kappa shape index (κ2) is 8.99. The molecule has 0 spiro atoms. The van der Waals surface area contributed by atoms with Gasteiger partial charge in [-0.25, -0.2) is 4.68 Å². The smallest absolute Gasteiger partial charge is 0.258 e. The van der Waals surface area contributed by atoms with Crippen LogP contribution in [0.2, 0.25) is 0 Å². The Labute approximate surface area is 161 Å². The molecule has 2 heterocycles. The van der Waals surface area contributed by atoms with Gasteiger partial charge in [-0.15, -0.1) is 0 Å². The molecule has 7 nitrogen and oxygen atoms in total. The number of unbranched alkanes of at least 4 members (excludes halogenated alkanes) is 1. The van der Waals surface area contributed by atoms with E-state index in [0.717, 1.165) is 50.4 Å². The zero-order valence-electron chi connectivity index (χ0n) is 16.5. The Morgan fingerprint density at radius 1 is 1.30 bits per heavy atom. The van der Waals surface area contributed by atoms with Gasteiger partial charge in [0.1, 0.15) is 0 Å². The largest absolute Gasteiger partial charge is 0.375 e. The Kier molecular flexibility index (Phi) is 6.45. The number of hydrogen-bond acceptors (Lipinski definition) is 5. The van der Waals surface area contributed by atoms with Gasteiger partial charge in [0.15, 0.2) is 5.82 Å². The van der Waals surface area contributed by atoms with Gasteiger partial charge in [-0.3, -0.25) is 10.1 Å². The normalized spacial score (nSPS) is 14.9. The number of piperidine rings is 1. The van der Waals surface area contributed by atoms with E-state index in [0.29, 0.717) is 17.4 Å². The van der Waals surface area contributed by atoms with Crippen molar-refractivity contribution in [3.8, 4) is 0 Å². The molecule has 3 rings (SSSR count). The summed E-state index contributed by atoms with van der Waals surface area (Å²) in [4.78, 5) is 19.4. The number of benzene rings is 1. The van der Waals surface area contributed by atoms with Crippen molar-refractivity contribution in [2.24, 2.45) is 7.05 Å². The average molecular weight is 371 g/mol. The number of carbonyl (C=O) groups excluding carboxylic acids is 1. The highest BCUT2D eigenvalue weighted by Gasteiger charge is 2.21. The lowest BCUT2D eigenvalue weighted by Crippen LogP contribution is -2.27. The monoisotopic (exact) mass is 370 g/mol. The van der Waals surface area contributed by atoms with E-state index < -0.39 is 0 Å². The lowest BCUT2D eigenvalue weighted by atomic mass is 9.98. The Morgan fingerprint density at radius 2 is 2.00 bits per heavy atom. The molecule has 0 bridgehead atoms. The zero-order valence-corrected chi connectivity index (χ0v) is 16.5. The Hall–Kier alpha value is -2.41. The van der Waals surface area contributed by atoms with Gasteiger partial charge in [0.05, 0.1) is 0 Å². The van der Waals surface area contributed by atoms with Crippen LogP contribution in [0.1, 0.15) is 54.7 Å². The summed E-state index contributed by atoms with van der Waals surface area (Å²) >= 11 is 0. The predicted molar refractivity (Wildman–Crippen MR) is 108 cm³/mol. The fourth-order valence-corrected chi connectivity index (χ4v) is 3.33. The van der Waals surface area contributed by atoms with Gasteiger partial charge < -0.3 is 10.2 Å². The van der Waals surface area contributed by atoms with E-state index in [1.165, 1.54) is 6.42 Å². The van der Waals surface area contributed by atoms with E-state index in [9.17, 15) is 4.79 Å². The molecule has 1 saturated heterocycles. The van der Waals surface area contributed by atoms with Crippen LogP contribution in [0.3, 0.4) is 0 Å². The van der Waals surface area contributed by atoms with E-state index in [4.69, 9.17) is 0 Å². The quantitative estimate of drug-likeness (QED) is 0.784. The first-order valence-electron chi connectivity index (χ1n) is 9.82. The number of hydrogen-bond donors (Lipinski definition) is 2. The summed E-state index contributed by atoms with van der Waals surface area (Å²) in [6.45, 7) is 5.18. The third-order valence-electron chi connectivity index (χ3n) is 5.13. The molecule has 2 N–H and O–H groups in total. The number of aromatic nitrogens is 3. The molecule has 0 saturated carbocycles. The van der Waals surface area contributed by atoms with E-state index >= 15 is 0 Å². The molecule has 2 aromatic rings. The van der Waals surface area contributed by atoms with Crippen molar-refractivity contribution in [1.82, 2.24) is 20.1 Å². The standard InChI is InChI=1S/C20H30N6O/c1-4-5-14-25(2)17-8-6-16(7-9-17)19(27)23-20-22-18(24-26(20)3)15-10-12-21-13-11-15/h6-9,15,21H,4-5,10-14H2,1-3H3,(H,22,23,24,27). The summed E-state index contributed by atoms with van der Waals surface area (Å²) in [6.07, 6.45) is 4.39. The van der Waals surface area contributed by atoms with Crippen molar-refractivity contribution < 1.29 is 4.79 Å². The average Bonchev–Trinajstić information content (AvgIpc) is 3.07. The first-order valence-corrected chi connectivity index (χ1v) is 9.82. The number of nitrogens with zero attached hydrogens (tertiary/aromatic N) is 4. The maximum atomic E-state index is 12.6. The van der Waals surface area contributed by atoms with Gasteiger partial charge in [-0.1, -0.05) is 13.3 Å². The van der Waals surface area contributed by atoms with Crippen molar-refractivity contribution in [2.45, 2.75) is 38.5 Å². The second-order valence-corrected chi connectivity index (χ2v) is 7.22. The van der Waals surface area contributed by atoms with Crippen LogP contribution in [0.15, 0.2) is 24.3 Å². The zero-order chi connectivity index (χ0) is 19.2. The highest BCUT2D eigenvalue weighted by Crippen LogP contribution is 2.23. The van der Waals surface area contributed by atoms with E-state index in [-0.39, 0.29) is 5.91 Å². The molecule has 1 aliphatic rings. The molecule has 27 heavy (non-hydrogen) atoms. The maximum absolute atomic E-state index is 12.6. The van der Waals surface area contributed by atoms with Gasteiger partial charge in [-0.05, 0) is 56.6 Å². The summed E-state index contributed by atoms with van der Waals surface area (Å²) in [5.74, 6) is 1.52. The summed E-state index contributed by atoms with van der Waals surface area (Å²) in [6, 6.07) is 7.69. The summed E-state index contributed by atoms with van der Waals surface area (Å²) in [7, 11) is 3.89. The van der Waals surface area contributed by atoms with E-state index in [2.05, 4.69) is 39.6 Å². The lowest BCUT2D eigenvalue weighted by Gasteiger charge is -2.19. The van der Waals surface area contributed by atoms with Crippen LogP contribution in [-0.4, -0.2) is 47.4 Å². The Morgan fingerprint density at radius 3 is 2.67 bits per heavy atom. The third kappa shape index (κ3) is 4.86. The molecule has 7 heteroatoms. The van der Waals surface area contributed by atoms with Crippen LogP contribution in [0.5, 0.6) is 0 Å². The third-order valence-corrected chi connectivity index (χ3v) is 5.13. The van der Waals surface area contributed by atoms with Crippen molar-refractivity contribution >= 4 is 17.5 Å². The molecule has 1 aliphatic heterocycles. The van der Waals surface area contributed by atoms with Gasteiger partial charge >= 0.3 is 0 Å². The molecule has 1 fully saturated rings. The SMILES string of the molecule is CCCCN(C)c1ccc(C(=O)Nc2nc(C3CCNCC3)nn2C)cc1. The number of rotatable bonds is 7. The predicted octanol–water partition coefficient (Wildman–Crippen LogP) is 2.77. The molecule has 1 aromatic carbocycles. The minimum absolute atomic E-state index is 0.162. The Bertz CT molecular complexity index is 748. The van der Waals surface area contributed by atoms with E-state index in [1.807, 2.05) is 31.3 Å². The molecular formula is C20H30N6O. The van der Waals surface area contributed by atoms with Crippen LogP contribution in [-0.2, 0) is 7.05 Å². The summed E-state index contributed by atoms with van der Waals surface area (Å²) in [5, 5.41) is 10.7. The highest BCUT2D eigenvalue weighted by molar-refractivity contribution is 6.03. The van der Waals surface area contributed by atoms with Crippen LogP contribution in [0.25, 0.3) is 0 Å². The fourth-order valence-electron chi connectivity index (χ4n) is 3.33. The van der Waals surface area contributed by atoms with E-state index in [1.54, 1.807) is 4.68 Å². The van der Waals surface area contributed by atoms with Gasteiger partial charge in [0.25, 0.3) is 5.91 Å². The molecule has 1 aromatic heterocycles. The van der Waals surface area contributed by atoms with Crippen molar-refractivity contribution in [2.75, 3.05) is 36.9 Å². The van der Waals surface area contributed by atoms with Crippen molar-refractivity contribution in [3.05, 3.63) is 35.7 Å². The summed E-state index contributed by atoms with van der Waals surface area (Å²) in [5.41, 5.74) is 1.74. The molecule has 0 atom stereocenters. The minimum Gasteiger partial charge on any atom is -0.375 e. The van der Waals surface area contributed by atoms with Crippen LogP contribution in [0, 0.1) is 0 Å². The number of amides is 1. The number of nitrogens with one attached hydrogen (secondary N) is 2. The fraction of sp³-hybridized carbons (Fsp3) is 0.550. The van der Waals surface area contributed by atoms with Crippen LogP contribution in [0.4, 0.5) is 11.6 Å². The lowest BCUT2D eigenvalue weighted by molar-refractivity contribution is 0.102. The van der Waals surface area contributed by atoms with Crippen LogP contribution < -0.4 is 15.5 Å². The van der Waals surface area contributed by atoms with Gasteiger partial charge in [0.2, 0.25) is 5.95 Å². The topological polar surface area (TPSA) is 75.1 Å². The minimum atomic E-state index is -0.162. The first-order chi connectivity index (χ1) is 13.1. The van der Waals surface area contributed by atoms with Crippen molar-refractivity contribution in [3.63, 3.8) is 0 Å². The molecule has 1 amide bonds. The molecule has 0 radical (unpaired) electrons. The number of anilines is 2. The second-order valence-electron chi connectivity index (χ2n) is 7.22. The molecule has 0 unspecified atom stereocenters. The first kappa shape index (κ1) is 19.4. The summed E-state index contributed by atoms with van der Waals surface area (Å²) < 4.78 is 1.65. The van der Waals surface area contributed by atoms with Gasteiger partial charge in [0, 0.05) is 37.8 Å². The maximum Gasteiger partial charge on any atom is 0.258 e. The van der Waals surface area contributed by atoms with Crippen LogP contribution >= 0.6 is 0 Å². The molecular weight excluding hydrogens is 340 g/mol. The van der Waals surface area contributed by atoms with Gasteiger partial charge in [-0.2, -0.15) is 10.1 Å². The number of aryl methyl sites for hydroxylation is 1. The highest BCUT2D eigenvalue weighted by atomic mass is 16.1. The molecule has 0 aliphatic carbocycles. The number of carbonyl (C=O) groups is 1. The van der Waals surface area contributed by atoms with Crippen molar-refractivity contribution in [1.29, 1.82) is 0 Å². The molecule has 146 valence electrons. The Balaban J connectivity index is 1.64.